The number of benzene rings is 3. The summed E-state index contributed by atoms with van der Waals surface area (Å²) < 4.78 is 76.8. The van der Waals surface area contributed by atoms with Crippen LogP contribution in [0.15, 0.2) is 71.6 Å². The molecule has 3 aromatic carbocycles. The summed E-state index contributed by atoms with van der Waals surface area (Å²) in [5.74, 6) is 1.27. The van der Waals surface area contributed by atoms with Gasteiger partial charge in [-0.1, -0.05) is 23.7 Å². The Hall–Kier alpha value is -2.91. The molecule has 0 aliphatic heterocycles. The van der Waals surface area contributed by atoms with Crippen LogP contribution in [0.5, 0.6) is 17.2 Å². The van der Waals surface area contributed by atoms with Crippen LogP contribution < -0.4 is 14.2 Å². The fourth-order valence-corrected chi connectivity index (χ4v) is 3.79. The lowest BCUT2D eigenvalue weighted by molar-refractivity contribution is -0.137. The van der Waals surface area contributed by atoms with Crippen LogP contribution in [0.1, 0.15) is 5.56 Å². The van der Waals surface area contributed by atoms with Gasteiger partial charge in [-0.05, 0) is 54.6 Å². The van der Waals surface area contributed by atoms with E-state index in [1.807, 2.05) is 0 Å². The van der Waals surface area contributed by atoms with Crippen LogP contribution in [-0.2, 0) is 16.2 Å². The molecule has 0 saturated carbocycles. The van der Waals surface area contributed by atoms with Gasteiger partial charge in [-0.2, -0.15) is 13.2 Å². The van der Waals surface area contributed by atoms with Gasteiger partial charge in [0.2, 0.25) is 0 Å². The van der Waals surface area contributed by atoms with Gasteiger partial charge < -0.3 is 9.47 Å². The summed E-state index contributed by atoms with van der Waals surface area (Å²) in [4.78, 5) is -0.177. The van der Waals surface area contributed by atoms with Crippen molar-refractivity contribution in [2.75, 3.05) is 11.8 Å². The maximum absolute atomic E-state index is 12.9. The fourth-order valence-electron chi connectivity index (χ4n) is 2.50. The molecule has 0 fully saturated rings. The lowest BCUT2D eigenvalue weighted by atomic mass is 10.2. The SMILES string of the molecule is COc1ccccc1Oc1ccc(S(=O)(=O)Nc2cc(C(F)(F)F)ccc2Cl)cc1. The standard InChI is InChI=1S/C20H15ClF3NO4S/c1-28-18-4-2-3-5-19(18)29-14-7-9-15(10-8-14)30(26,27)25-17-12-13(20(22,23)24)6-11-16(17)21/h2-12,25H,1H3. The van der Waals surface area contributed by atoms with Gasteiger partial charge in [0.1, 0.15) is 5.75 Å². The second-order valence-corrected chi connectivity index (χ2v) is 8.11. The minimum atomic E-state index is -4.64. The predicted octanol–water partition coefficient (Wildman–Crippen LogP) is 5.96. The molecule has 0 aliphatic rings. The zero-order chi connectivity index (χ0) is 21.9. The molecule has 3 rings (SSSR count). The number of methoxy groups -OCH3 is 1. The minimum Gasteiger partial charge on any atom is -0.493 e. The third kappa shape index (κ3) is 4.98. The van der Waals surface area contributed by atoms with E-state index in [0.717, 1.165) is 12.1 Å². The number of ether oxygens (including phenoxy) is 2. The van der Waals surface area contributed by atoms with Crippen LogP contribution >= 0.6 is 11.6 Å². The van der Waals surface area contributed by atoms with E-state index < -0.39 is 21.8 Å². The van der Waals surface area contributed by atoms with Crippen LogP contribution in [0.2, 0.25) is 5.02 Å². The number of rotatable bonds is 6. The molecular formula is C20H15ClF3NO4S. The van der Waals surface area contributed by atoms with Crippen LogP contribution in [0.4, 0.5) is 18.9 Å². The lowest BCUT2D eigenvalue weighted by Crippen LogP contribution is -2.14. The third-order valence-electron chi connectivity index (χ3n) is 3.97. The Morgan fingerprint density at radius 2 is 1.57 bits per heavy atom. The van der Waals surface area contributed by atoms with Crippen molar-refractivity contribution in [2.24, 2.45) is 0 Å². The number of hydrogen-bond donors (Lipinski definition) is 1. The third-order valence-corrected chi connectivity index (χ3v) is 5.68. The van der Waals surface area contributed by atoms with Crippen molar-refractivity contribution in [3.8, 4) is 17.2 Å². The molecule has 0 aliphatic carbocycles. The number of sulfonamides is 1. The Balaban J connectivity index is 1.82. The van der Waals surface area contributed by atoms with E-state index in [4.69, 9.17) is 21.1 Å². The zero-order valence-electron chi connectivity index (χ0n) is 15.4. The van der Waals surface area contributed by atoms with E-state index in [1.165, 1.54) is 31.4 Å². The van der Waals surface area contributed by atoms with Crippen molar-refractivity contribution in [3.05, 3.63) is 77.3 Å². The highest BCUT2D eigenvalue weighted by molar-refractivity contribution is 7.92. The number of halogens is 4. The summed E-state index contributed by atoms with van der Waals surface area (Å²) in [6.07, 6.45) is -4.64. The molecule has 0 amide bonds. The average Bonchev–Trinajstić information content (AvgIpc) is 2.69. The van der Waals surface area contributed by atoms with E-state index in [9.17, 15) is 21.6 Å². The van der Waals surface area contributed by atoms with E-state index in [-0.39, 0.29) is 15.6 Å². The monoisotopic (exact) mass is 457 g/mol. The van der Waals surface area contributed by atoms with E-state index >= 15 is 0 Å². The fraction of sp³-hybridized carbons (Fsp3) is 0.100. The molecule has 10 heteroatoms. The maximum atomic E-state index is 12.9. The molecular weight excluding hydrogens is 443 g/mol. The largest absolute Gasteiger partial charge is 0.493 e. The summed E-state index contributed by atoms with van der Waals surface area (Å²) in [7, 11) is -2.69. The first kappa shape index (κ1) is 21.8. The average molecular weight is 458 g/mol. The van der Waals surface area contributed by atoms with Gasteiger partial charge in [0.05, 0.1) is 28.3 Å². The number of hydrogen-bond acceptors (Lipinski definition) is 4. The Labute approximate surface area is 176 Å². The number of alkyl halides is 3. The molecule has 0 spiro atoms. The van der Waals surface area contributed by atoms with Crippen LogP contribution in [0.3, 0.4) is 0 Å². The summed E-state index contributed by atoms with van der Waals surface area (Å²) in [6, 6.07) is 14.6. The number of anilines is 1. The van der Waals surface area contributed by atoms with Crippen molar-refractivity contribution in [2.45, 2.75) is 11.1 Å². The Morgan fingerprint density at radius 1 is 0.933 bits per heavy atom. The normalized spacial score (nSPS) is 11.8. The van der Waals surface area contributed by atoms with Gasteiger partial charge in [0.25, 0.3) is 10.0 Å². The van der Waals surface area contributed by atoms with Crippen molar-refractivity contribution in [1.82, 2.24) is 0 Å². The molecule has 1 N–H and O–H groups in total. The van der Waals surface area contributed by atoms with Gasteiger partial charge in [-0.15, -0.1) is 0 Å². The molecule has 3 aromatic rings. The minimum absolute atomic E-state index is 0.164. The molecule has 30 heavy (non-hydrogen) atoms. The number of nitrogens with one attached hydrogen (secondary N) is 1. The Bertz CT molecular complexity index is 1150. The topological polar surface area (TPSA) is 64.6 Å². The molecule has 5 nitrogen and oxygen atoms in total. The highest BCUT2D eigenvalue weighted by atomic mass is 35.5. The molecule has 158 valence electrons. The van der Waals surface area contributed by atoms with E-state index in [1.54, 1.807) is 24.3 Å². The molecule has 0 unspecified atom stereocenters. The Kier molecular flexibility index (Phi) is 6.14. The van der Waals surface area contributed by atoms with Crippen LogP contribution in [-0.4, -0.2) is 15.5 Å². The number of para-hydroxylation sites is 2. The van der Waals surface area contributed by atoms with E-state index in [2.05, 4.69) is 4.72 Å². The van der Waals surface area contributed by atoms with Crippen LogP contribution in [0, 0.1) is 0 Å². The van der Waals surface area contributed by atoms with Gasteiger partial charge in [0, 0.05) is 0 Å². The van der Waals surface area contributed by atoms with E-state index in [0.29, 0.717) is 23.3 Å². The van der Waals surface area contributed by atoms with Crippen molar-refractivity contribution in [1.29, 1.82) is 0 Å². The van der Waals surface area contributed by atoms with Crippen molar-refractivity contribution < 1.29 is 31.1 Å². The van der Waals surface area contributed by atoms with Gasteiger partial charge >= 0.3 is 6.18 Å². The zero-order valence-corrected chi connectivity index (χ0v) is 17.0. The Morgan fingerprint density at radius 3 is 2.17 bits per heavy atom. The summed E-state index contributed by atoms with van der Waals surface area (Å²) >= 11 is 5.86. The molecule has 0 radical (unpaired) electrons. The molecule has 0 aromatic heterocycles. The molecule has 0 bridgehead atoms. The summed E-state index contributed by atoms with van der Waals surface area (Å²) in [5, 5.41) is -0.164. The molecule has 0 heterocycles. The lowest BCUT2D eigenvalue weighted by Gasteiger charge is -2.13. The molecule has 0 saturated heterocycles. The van der Waals surface area contributed by atoms with Gasteiger partial charge in [-0.25, -0.2) is 8.42 Å². The smallest absolute Gasteiger partial charge is 0.416 e. The van der Waals surface area contributed by atoms with Gasteiger partial charge in [0.15, 0.2) is 11.5 Å². The summed E-state index contributed by atoms with van der Waals surface area (Å²) in [6.45, 7) is 0. The quantitative estimate of drug-likeness (QED) is 0.496. The highest BCUT2D eigenvalue weighted by Crippen LogP contribution is 2.35. The first-order chi connectivity index (χ1) is 14.1. The summed E-state index contributed by atoms with van der Waals surface area (Å²) in [5.41, 5.74) is -1.40. The predicted molar refractivity (Wildman–Crippen MR) is 107 cm³/mol. The van der Waals surface area contributed by atoms with Gasteiger partial charge in [-0.3, -0.25) is 4.72 Å². The van der Waals surface area contributed by atoms with Crippen molar-refractivity contribution >= 4 is 27.3 Å². The second kappa shape index (κ2) is 8.45. The maximum Gasteiger partial charge on any atom is 0.416 e. The van der Waals surface area contributed by atoms with Crippen molar-refractivity contribution in [3.63, 3.8) is 0 Å². The first-order valence-electron chi connectivity index (χ1n) is 8.40. The first-order valence-corrected chi connectivity index (χ1v) is 10.3. The highest BCUT2D eigenvalue weighted by Gasteiger charge is 2.31. The van der Waals surface area contributed by atoms with Crippen LogP contribution in [0.25, 0.3) is 0 Å². The molecule has 0 atom stereocenters. The second-order valence-electron chi connectivity index (χ2n) is 6.02.